The average molecular weight is 451 g/mol. The lowest BCUT2D eigenvalue weighted by Crippen LogP contribution is -2.28. The van der Waals surface area contributed by atoms with Crippen LogP contribution in [0.4, 0.5) is 17.6 Å². The first kappa shape index (κ1) is 23.4. The van der Waals surface area contributed by atoms with Crippen molar-refractivity contribution < 1.29 is 46.8 Å². The van der Waals surface area contributed by atoms with Gasteiger partial charge in [-0.2, -0.15) is 13.2 Å². The normalized spacial score (nSPS) is 13.8. The Bertz CT molecular complexity index is 915. The van der Waals surface area contributed by atoms with E-state index >= 15 is 0 Å². The Kier molecular flexibility index (Phi) is 7.62. The summed E-state index contributed by atoms with van der Waals surface area (Å²) in [4.78, 5) is 21.3. The summed E-state index contributed by atoms with van der Waals surface area (Å²) >= 11 is 1.45. The van der Waals surface area contributed by atoms with Gasteiger partial charge in [0.25, 0.3) is 0 Å². The first-order chi connectivity index (χ1) is 14.0. The molecule has 7 nitrogen and oxygen atoms in total. The van der Waals surface area contributed by atoms with Crippen molar-refractivity contribution in [1.29, 1.82) is 0 Å². The zero-order valence-electron chi connectivity index (χ0n) is 15.5. The number of carbonyl (C=O) groups is 2. The topological polar surface area (TPSA) is 105 Å². The van der Waals surface area contributed by atoms with Crippen molar-refractivity contribution in [3.05, 3.63) is 45.4 Å². The SMILES string of the molecule is Cc1cc(C(NCc2scc3c2OCCO3)C(=O)O)ccc1F.O=C(O)C(F)(F)F. The molecular formula is C18H17F4NO6S. The third kappa shape index (κ3) is 6.07. The number of carboxylic acid groups (broad SMARTS) is 2. The molecule has 0 radical (unpaired) electrons. The minimum absolute atomic E-state index is 0.330. The molecule has 30 heavy (non-hydrogen) atoms. The molecule has 12 heteroatoms. The maximum Gasteiger partial charge on any atom is 0.490 e. The van der Waals surface area contributed by atoms with E-state index < -0.39 is 24.2 Å². The molecular weight excluding hydrogens is 434 g/mol. The number of nitrogens with one attached hydrogen (secondary N) is 1. The van der Waals surface area contributed by atoms with Crippen LogP contribution in [0.15, 0.2) is 23.6 Å². The van der Waals surface area contributed by atoms with Crippen LogP contribution in [0.2, 0.25) is 0 Å². The maximum atomic E-state index is 13.4. The Morgan fingerprint density at radius 1 is 1.23 bits per heavy atom. The predicted octanol–water partition coefficient (Wildman–Crippen LogP) is 3.52. The standard InChI is InChI=1S/C16H16FNO4S.C2HF3O2/c1-9-6-10(2-3-11(9)17)14(16(19)20)18-7-13-15-12(8-23-13)21-4-5-22-15;3-2(4,5)1(6)7/h2-3,6,8,14,18H,4-5,7H2,1H3,(H,19,20);(H,6,7). The van der Waals surface area contributed by atoms with Crippen molar-refractivity contribution in [2.45, 2.75) is 25.7 Å². The highest BCUT2D eigenvalue weighted by molar-refractivity contribution is 7.10. The number of hydrogen-bond acceptors (Lipinski definition) is 6. The number of halogens is 4. The number of carboxylic acids is 2. The lowest BCUT2D eigenvalue weighted by Gasteiger charge is -2.18. The van der Waals surface area contributed by atoms with Gasteiger partial charge in [0.05, 0.1) is 4.88 Å². The molecule has 1 aromatic carbocycles. The van der Waals surface area contributed by atoms with Crippen molar-refractivity contribution in [3.8, 4) is 11.5 Å². The number of aryl methyl sites for hydroxylation is 1. The van der Waals surface area contributed by atoms with Gasteiger partial charge >= 0.3 is 18.1 Å². The fourth-order valence-corrected chi connectivity index (χ4v) is 3.29. The van der Waals surface area contributed by atoms with E-state index in [1.165, 1.54) is 23.5 Å². The van der Waals surface area contributed by atoms with Gasteiger partial charge in [-0.3, -0.25) is 10.1 Å². The second-order valence-corrected chi connectivity index (χ2v) is 6.98. The molecule has 1 atom stereocenters. The number of rotatable bonds is 5. The summed E-state index contributed by atoms with van der Waals surface area (Å²) in [5, 5.41) is 21.4. The first-order valence-corrected chi connectivity index (χ1v) is 9.27. The summed E-state index contributed by atoms with van der Waals surface area (Å²) < 4.78 is 56.1. The molecule has 2 heterocycles. The molecule has 1 unspecified atom stereocenters. The van der Waals surface area contributed by atoms with Crippen molar-refractivity contribution in [1.82, 2.24) is 5.32 Å². The molecule has 3 rings (SSSR count). The van der Waals surface area contributed by atoms with Gasteiger partial charge in [0.1, 0.15) is 25.1 Å². The molecule has 3 N–H and O–H groups in total. The fraction of sp³-hybridized carbons (Fsp3) is 0.333. The molecule has 0 spiro atoms. The monoisotopic (exact) mass is 451 g/mol. The van der Waals surface area contributed by atoms with Crippen LogP contribution in [0.25, 0.3) is 0 Å². The van der Waals surface area contributed by atoms with E-state index in [4.69, 9.17) is 19.4 Å². The van der Waals surface area contributed by atoms with Gasteiger partial charge in [-0.05, 0) is 24.1 Å². The highest BCUT2D eigenvalue weighted by atomic mass is 32.1. The first-order valence-electron chi connectivity index (χ1n) is 8.39. The molecule has 164 valence electrons. The third-order valence-electron chi connectivity index (χ3n) is 3.84. The molecule has 0 amide bonds. The molecule has 1 aliphatic rings. The smallest absolute Gasteiger partial charge is 0.485 e. The van der Waals surface area contributed by atoms with Crippen LogP contribution in [0.5, 0.6) is 11.5 Å². The van der Waals surface area contributed by atoms with Gasteiger partial charge in [0.15, 0.2) is 11.5 Å². The average Bonchev–Trinajstić information content (AvgIpc) is 3.07. The number of aliphatic carboxylic acids is 2. The van der Waals surface area contributed by atoms with Crippen molar-refractivity contribution >= 4 is 23.3 Å². The van der Waals surface area contributed by atoms with Gasteiger partial charge in [0, 0.05) is 11.9 Å². The van der Waals surface area contributed by atoms with Crippen LogP contribution < -0.4 is 14.8 Å². The molecule has 0 aliphatic carbocycles. The van der Waals surface area contributed by atoms with Gasteiger partial charge in [-0.1, -0.05) is 12.1 Å². The zero-order chi connectivity index (χ0) is 22.5. The Morgan fingerprint density at radius 3 is 2.43 bits per heavy atom. The number of alkyl halides is 3. The maximum absolute atomic E-state index is 13.4. The predicted molar refractivity (Wildman–Crippen MR) is 97.4 cm³/mol. The zero-order valence-corrected chi connectivity index (χ0v) is 16.3. The van der Waals surface area contributed by atoms with Crippen LogP contribution in [0.3, 0.4) is 0 Å². The highest BCUT2D eigenvalue weighted by Gasteiger charge is 2.38. The largest absolute Gasteiger partial charge is 0.490 e. The lowest BCUT2D eigenvalue weighted by atomic mass is 10.0. The van der Waals surface area contributed by atoms with E-state index in [1.807, 2.05) is 5.38 Å². The number of thiophene rings is 1. The van der Waals surface area contributed by atoms with Crippen LogP contribution in [0, 0.1) is 12.7 Å². The minimum atomic E-state index is -5.08. The van der Waals surface area contributed by atoms with E-state index in [9.17, 15) is 27.5 Å². The van der Waals surface area contributed by atoms with Gasteiger partial charge in [-0.15, -0.1) is 11.3 Å². The van der Waals surface area contributed by atoms with Gasteiger partial charge in [-0.25, -0.2) is 9.18 Å². The lowest BCUT2D eigenvalue weighted by molar-refractivity contribution is -0.192. The van der Waals surface area contributed by atoms with E-state index in [1.54, 1.807) is 13.0 Å². The number of fused-ring (bicyclic) bond motifs is 1. The fourth-order valence-electron chi connectivity index (χ4n) is 2.43. The van der Waals surface area contributed by atoms with Crippen molar-refractivity contribution in [2.24, 2.45) is 0 Å². The Labute approximate surface area is 171 Å². The Morgan fingerprint density at radius 2 is 1.87 bits per heavy atom. The molecule has 1 aliphatic heterocycles. The van der Waals surface area contributed by atoms with Crippen LogP contribution in [-0.2, 0) is 16.1 Å². The summed E-state index contributed by atoms with van der Waals surface area (Å²) in [5.41, 5.74) is 0.930. The minimum Gasteiger partial charge on any atom is -0.485 e. The molecule has 2 aromatic rings. The summed E-state index contributed by atoms with van der Waals surface area (Å²) in [5.74, 6) is -2.75. The van der Waals surface area contributed by atoms with Gasteiger partial charge < -0.3 is 19.7 Å². The van der Waals surface area contributed by atoms with Crippen LogP contribution in [-0.4, -0.2) is 41.5 Å². The molecule has 0 fully saturated rings. The third-order valence-corrected chi connectivity index (χ3v) is 4.79. The van der Waals surface area contributed by atoms with Crippen LogP contribution >= 0.6 is 11.3 Å². The summed E-state index contributed by atoms with van der Waals surface area (Å²) in [6.45, 7) is 2.94. The van der Waals surface area contributed by atoms with Crippen molar-refractivity contribution in [3.63, 3.8) is 0 Å². The van der Waals surface area contributed by atoms with Crippen LogP contribution in [0.1, 0.15) is 22.0 Å². The highest BCUT2D eigenvalue weighted by Crippen LogP contribution is 2.39. The second-order valence-electron chi connectivity index (χ2n) is 6.01. The Hall–Kier alpha value is -2.86. The summed E-state index contributed by atoms with van der Waals surface area (Å²) in [7, 11) is 0. The van der Waals surface area contributed by atoms with Gasteiger partial charge in [0.2, 0.25) is 0 Å². The summed E-state index contributed by atoms with van der Waals surface area (Å²) in [6.07, 6.45) is -5.08. The second kappa shape index (κ2) is 9.76. The Balaban J connectivity index is 0.000000396. The van der Waals surface area contributed by atoms with E-state index in [2.05, 4.69) is 5.32 Å². The molecule has 0 bridgehead atoms. The number of benzene rings is 1. The number of ether oxygens (including phenoxy) is 2. The molecule has 0 saturated carbocycles. The van der Waals surface area contributed by atoms with E-state index in [-0.39, 0.29) is 5.82 Å². The number of hydrogen-bond donors (Lipinski definition) is 3. The summed E-state index contributed by atoms with van der Waals surface area (Å²) in [6, 6.07) is 3.39. The molecule has 0 saturated heterocycles. The van der Waals surface area contributed by atoms with Crippen molar-refractivity contribution in [2.75, 3.05) is 13.2 Å². The quantitative estimate of drug-likeness (QED) is 0.598. The van der Waals surface area contributed by atoms with E-state index in [0.717, 1.165) is 4.88 Å². The molecule has 1 aromatic heterocycles. The van der Waals surface area contributed by atoms with E-state index in [0.29, 0.717) is 42.4 Å².